The largest absolute Gasteiger partial charge is 0.494 e. The first-order valence-corrected chi connectivity index (χ1v) is 16.5. The number of fused-ring (bicyclic) bond motifs is 1. The van der Waals surface area contributed by atoms with E-state index in [1.807, 2.05) is 95.8 Å². The lowest BCUT2D eigenvalue weighted by Crippen LogP contribution is -2.23. The Hall–Kier alpha value is -4.76. The smallest absolute Gasteiger partial charge is 0.291 e. The Bertz CT molecular complexity index is 1940. The molecule has 3 heterocycles. The lowest BCUT2D eigenvalue weighted by molar-refractivity contribution is 0.305. The molecule has 9 heteroatoms. The lowest BCUT2D eigenvalue weighted by Gasteiger charge is -2.07. The Morgan fingerprint density at radius 3 is 2.09 bits per heavy atom. The molecule has 0 aliphatic rings. The van der Waals surface area contributed by atoms with Gasteiger partial charge in [0.1, 0.15) is 17.2 Å². The molecule has 0 fully saturated rings. The molecule has 0 aliphatic carbocycles. The first-order valence-electron chi connectivity index (χ1n) is 15.7. The first-order chi connectivity index (χ1) is 22.1. The fraction of sp³-hybridized carbons (Fsp3) is 0.278. The molecule has 230 valence electrons. The molecule has 0 spiro atoms. The third kappa shape index (κ3) is 7.15. The quantitative estimate of drug-likeness (QED) is 0.119. The summed E-state index contributed by atoms with van der Waals surface area (Å²) in [7, 11) is 0. The molecule has 0 bridgehead atoms. The number of ether oxygens (including phenoxy) is 2. The Labute approximate surface area is 266 Å². The minimum absolute atomic E-state index is 0.210. The number of nitrogens with zero attached hydrogens (tertiary/aromatic N) is 5. The van der Waals surface area contributed by atoms with E-state index in [9.17, 15) is 4.79 Å². The molecule has 0 atom stereocenters. The maximum atomic E-state index is 13.5. The Morgan fingerprint density at radius 1 is 0.756 bits per heavy atom. The van der Waals surface area contributed by atoms with Crippen molar-refractivity contribution in [1.82, 2.24) is 24.4 Å². The summed E-state index contributed by atoms with van der Waals surface area (Å²) in [5.74, 6) is 2.16. The van der Waals surface area contributed by atoms with E-state index in [1.54, 1.807) is 0 Å². The van der Waals surface area contributed by atoms with Gasteiger partial charge < -0.3 is 9.47 Å². The van der Waals surface area contributed by atoms with Crippen LogP contribution in [-0.4, -0.2) is 37.6 Å². The zero-order valence-electron chi connectivity index (χ0n) is 25.7. The molecular weight excluding hydrogens is 582 g/mol. The molecular formula is C36H37N5O3S. The normalized spacial score (nSPS) is 11.8. The molecule has 0 amide bonds. The van der Waals surface area contributed by atoms with Crippen LogP contribution in [0, 0.1) is 0 Å². The van der Waals surface area contributed by atoms with Crippen molar-refractivity contribution in [3.63, 3.8) is 0 Å². The first kappa shape index (κ1) is 30.3. The summed E-state index contributed by atoms with van der Waals surface area (Å²) in [6.45, 7) is 5.75. The van der Waals surface area contributed by atoms with E-state index in [4.69, 9.17) is 14.6 Å². The van der Waals surface area contributed by atoms with Gasteiger partial charge in [-0.1, -0.05) is 69.1 Å². The number of hydrogen-bond donors (Lipinski definition) is 0. The SMILES string of the molecule is CCCCCCOc1ccc(-c2nn(-c3ccccc3)cc2/C=c2\sc3nc(-c4ccc(OCCCC)cc4)nn3c2=O)cc1. The van der Waals surface area contributed by atoms with E-state index in [0.29, 0.717) is 28.5 Å². The van der Waals surface area contributed by atoms with Gasteiger partial charge >= 0.3 is 0 Å². The van der Waals surface area contributed by atoms with E-state index < -0.39 is 0 Å². The highest BCUT2D eigenvalue weighted by Crippen LogP contribution is 2.27. The van der Waals surface area contributed by atoms with Crippen LogP contribution in [0.4, 0.5) is 0 Å². The van der Waals surface area contributed by atoms with Gasteiger partial charge in [-0.05, 0) is 79.6 Å². The van der Waals surface area contributed by atoms with E-state index in [-0.39, 0.29) is 5.56 Å². The Kier molecular flexibility index (Phi) is 9.65. The fourth-order valence-corrected chi connectivity index (χ4v) is 5.89. The van der Waals surface area contributed by atoms with Crippen LogP contribution in [0.3, 0.4) is 0 Å². The van der Waals surface area contributed by atoms with Gasteiger partial charge in [-0.2, -0.15) is 14.6 Å². The van der Waals surface area contributed by atoms with Crippen molar-refractivity contribution in [2.45, 2.75) is 52.4 Å². The monoisotopic (exact) mass is 619 g/mol. The average Bonchev–Trinajstić information content (AvgIpc) is 3.77. The van der Waals surface area contributed by atoms with Crippen molar-refractivity contribution in [1.29, 1.82) is 0 Å². The van der Waals surface area contributed by atoms with Crippen LogP contribution in [0.1, 0.15) is 57.9 Å². The predicted octanol–water partition coefficient (Wildman–Crippen LogP) is 7.36. The van der Waals surface area contributed by atoms with Crippen molar-refractivity contribution >= 4 is 22.4 Å². The van der Waals surface area contributed by atoms with Crippen LogP contribution < -0.4 is 19.6 Å². The third-order valence-electron chi connectivity index (χ3n) is 7.51. The van der Waals surface area contributed by atoms with Crippen molar-refractivity contribution in [2.75, 3.05) is 13.2 Å². The molecule has 0 saturated heterocycles. The number of unbranched alkanes of at least 4 members (excludes halogenated alkanes) is 4. The number of benzene rings is 3. The molecule has 0 aliphatic heterocycles. The summed E-state index contributed by atoms with van der Waals surface area (Å²) in [6.07, 6.45) is 10.6. The second-order valence-corrected chi connectivity index (χ2v) is 11.9. The summed E-state index contributed by atoms with van der Waals surface area (Å²) in [5.41, 5.74) is 4.09. The standard InChI is InChI=1S/C36H37N5O3S/c1-3-5-7-11-23-44-30-18-14-26(15-19-30)33-28(25-40(38-33)29-12-9-8-10-13-29)24-32-35(42)41-36(45-32)37-34(39-41)27-16-20-31(21-17-27)43-22-6-4-2/h8-10,12-21,24-25H,3-7,11,22-23H2,1-2H3/b32-24-. The van der Waals surface area contributed by atoms with Crippen LogP contribution in [0.25, 0.3) is 39.4 Å². The number of hydrogen-bond acceptors (Lipinski definition) is 7. The zero-order valence-corrected chi connectivity index (χ0v) is 26.5. The Balaban J connectivity index is 1.29. The summed E-state index contributed by atoms with van der Waals surface area (Å²) in [6, 6.07) is 25.6. The van der Waals surface area contributed by atoms with Gasteiger partial charge in [0.25, 0.3) is 5.56 Å². The van der Waals surface area contributed by atoms with Crippen LogP contribution in [0.15, 0.2) is 89.9 Å². The van der Waals surface area contributed by atoms with Gasteiger partial charge in [-0.3, -0.25) is 4.79 Å². The van der Waals surface area contributed by atoms with Crippen molar-refractivity contribution in [2.24, 2.45) is 0 Å². The van der Waals surface area contributed by atoms with Crippen molar-refractivity contribution < 1.29 is 9.47 Å². The fourth-order valence-electron chi connectivity index (χ4n) is 4.99. The second kappa shape index (κ2) is 14.3. The van der Waals surface area contributed by atoms with E-state index in [0.717, 1.165) is 58.8 Å². The van der Waals surface area contributed by atoms with Crippen LogP contribution in [0.5, 0.6) is 11.5 Å². The minimum atomic E-state index is -0.210. The summed E-state index contributed by atoms with van der Waals surface area (Å²) >= 11 is 1.32. The molecule has 6 aromatic rings. The molecule has 3 aromatic carbocycles. The summed E-state index contributed by atoms with van der Waals surface area (Å²) < 4.78 is 15.5. The van der Waals surface area contributed by atoms with E-state index in [2.05, 4.69) is 23.9 Å². The topological polar surface area (TPSA) is 83.5 Å². The minimum Gasteiger partial charge on any atom is -0.494 e. The van der Waals surface area contributed by atoms with Gasteiger partial charge in [0, 0.05) is 22.9 Å². The zero-order chi connectivity index (χ0) is 31.0. The van der Waals surface area contributed by atoms with E-state index >= 15 is 0 Å². The number of aromatic nitrogens is 5. The highest BCUT2D eigenvalue weighted by atomic mass is 32.1. The average molecular weight is 620 g/mol. The maximum Gasteiger partial charge on any atom is 0.291 e. The van der Waals surface area contributed by atoms with Crippen molar-refractivity contribution in [3.05, 3.63) is 106 Å². The van der Waals surface area contributed by atoms with Gasteiger partial charge in [-0.15, -0.1) is 5.10 Å². The molecule has 45 heavy (non-hydrogen) atoms. The van der Waals surface area contributed by atoms with Gasteiger partial charge in [0.05, 0.1) is 23.4 Å². The number of rotatable bonds is 14. The summed E-state index contributed by atoms with van der Waals surface area (Å²) in [4.78, 5) is 18.7. The number of thiazole rings is 1. The Morgan fingerprint density at radius 2 is 1.42 bits per heavy atom. The van der Waals surface area contributed by atoms with Gasteiger partial charge in [0.15, 0.2) is 5.82 Å². The lowest BCUT2D eigenvalue weighted by atomic mass is 10.1. The maximum absolute atomic E-state index is 13.5. The number of para-hydroxylation sites is 1. The molecule has 3 aromatic heterocycles. The van der Waals surface area contributed by atoms with Gasteiger partial charge in [0.2, 0.25) is 4.96 Å². The van der Waals surface area contributed by atoms with Crippen LogP contribution in [-0.2, 0) is 0 Å². The summed E-state index contributed by atoms with van der Waals surface area (Å²) in [5, 5.41) is 9.47. The molecule has 6 rings (SSSR count). The van der Waals surface area contributed by atoms with Crippen LogP contribution >= 0.6 is 11.3 Å². The second-order valence-electron chi connectivity index (χ2n) is 10.9. The molecule has 8 nitrogen and oxygen atoms in total. The molecule has 0 radical (unpaired) electrons. The molecule has 0 N–H and O–H groups in total. The third-order valence-corrected chi connectivity index (χ3v) is 8.46. The highest BCUT2D eigenvalue weighted by molar-refractivity contribution is 7.15. The van der Waals surface area contributed by atoms with Crippen molar-refractivity contribution in [3.8, 4) is 39.8 Å². The molecule has 0 unspecified atom stereocenters. The van der Waals surface area contributed by atoms with Gasteiger partial charge in [-0.25, -0.2) is 4.68 Å². The highest BCUT2D eigenvalue weighted by Gasteiger charge is 2.15. The van der Waals surface area contributed by atoms with E-state index in [1.165, 1.54) is 35.1 Å². The van der Waals surface area contributed by atoms with Crippen LogP contribution in [0.2, 0.25) is 0 Å². The predicted molar refractivity (Wildman–Crippen MR) is 180 cm³/mol. The molecule has 0 saturated carbocycles.